The normalized spacial score (nSPS) is 45.2. The van der Waals surface area contributed by atoms with Crippen LogP contribution in [0.3, 0.4) is 0 Å². The van der Waals surface area contributed by atoms with Gasteiger partial charge in [-0.05, 0) is 23.7 Å². The van der Waals surface area contributed by atoms with Crippen molar-refractivity contribution in [3.05, 3.63) is 12.2 Å². The summed E-state index contributed by atoms with van der Waals surface area (Å²) in [6.07, 6.45) is 3.90. The highest BCUT2D eigenvalue weighted by Crippen LogP contribution is 2.68. The first-order valence-corrected chi connectivity index (χ1v) is 9.13. The summed E-state index contributed by atoms with van der Waals surface area (Å²) < 4.78 is 0. The molecule has 2 heterocycles. The predicted octanol–water partition coefficient (Wildman–Crippen LogP) is -1.76. The van der Waals surface area contributed by atoms with Crippen LogP contribution in [0, 0.1) is 47.3 Å². The maximum absolute atomic E-state index is 12.8. The van der Waals surface area contributed by atoms with E-state index >= 15 is 0 Å². The molecular formula is C18H20N2O6. The number of fused-ring (bicyclic) bond motifs is 1. The number of β-amino-alcohol motifs (C(OH)–C–C–N with tert-alkyl or cyclic N) is 2. The number of nitrogens with zero attached hydrogens (tertiary/aromatic N) is 2. The van der Waals surface area contributed by atoms with Gasteiger partial charge < -0.3 is 10.2 Å². The van der Waals surface area contributed by atoms with Gasteiger partial charge in [-0.25, -0.2) is 0 Å². The third kappa shape index (κ3) is 1.63. The van der Waals surface area contributed by atoms with Crippen molar-refractivity contribution < 1.29 is 29.4 Å². The summed E-state index contributed by atoms with van der Waals surface area (Å²) in [5.74, 6) is -3.51. The van der Waals surface area contributed by atoms with Crippen LogP contribution in [0.15, 0.2) is 12.2 Å². The molecule has 4 amide bonds. The van der Waals surface area contributed by atoms with Gasteiger partial charge in [-0.3, -0.25) is 29.0 Å². The van der Waals surface area contributed by atoms with Gasteiger partial charge in [-0.15, -0.1) is 0 Å². The molecule has 0 aromatic rings. The summed E-state index contributed by atoms with van der Waals surface area (Å²) in [7, 11) is 0. The lowest BCUT2D eigenvalue weighted by atomic mass is 9.40. The van der Waals surface area contributed by atoms with Gasteiger partial charge in [0.2, 0.25) is 23.6 Å². The number of hydrogen-bond acceptors (Lipinski definition) is 6. The lowest BCUT2D eigenvalue weighted by molar-refractivity contribution is -0.166. The molecule has 4 aliphatic carbocycles. The number of hydrogen-bond donors (Lipinski definition) is 2. The largest absolute Gasteiger partial charge is 0.395 e. The van der Waals surface area contributed by atoms with Crippen molar-refractivity contribution in [2.75, 3.05) is 26.3 Å². The Morgan fingerprint density at radius 1 is 0.654 bits per heavy atom. The van der Waals surface area contributed by atoms with Gasteiger partial charge in [0.15, 0.2) is 0 Å². The lowest BCUT2D eigenvalue weighted by Crippen LogP contribution is -2.63. The van der Waals surface area contributed by atoms with Crippen molar-refractivity contribution in [1.82, 2.24) is 9.80 Å². The second-order valence-electron chi connectivity index (χ2n) is 7.90. The molecular weight excluding hydrogens is 340 g/mol. The Morgan fingerprint density at radius 3 is 1.35 bits per heavy atom. The van der Waals surface area contributed by atoms with Gasteiger partial charge >= 0.3 is 0 Å². The van der Waals surface area contributed by atoms with Crippen molar-refractivity contribution in [2.24, 2.45) is 47.3 Å². The maximum Gasteiger partial charge on any atom is 0.233 e. The minimum atomic E-state index is -0.485. The van der Waals surface area contributed by atoms with Gasteiger partial charge in [0.25, 0.3) is 0 Å². The summed E-state index contributed by atoms with van der Waals surface area (Å²) in [6.45, 7) is -0.545. The number of amides is 4. The lowest BCUT2D eigenvalue weighted by Gasteiger charge is -2.60. The standard InChI is InChI=1S/C18H20N2O6/c21-5-3-19-15(23)11-7-1-2-8(12(11)16(19)24)10-9(7)13-14(10)18(26)20(4-6-22)17(13)25/h1-2,7-14,21-22H,3-6H2/t7-,8-,9-,10-,11-,12+,13+,14+/m0/s1. The van der Waals surface area contributed by atoms with E-state index in [0.717, 1.165) is 9.80 Å². The Balaban J connectivity index is 1.51. The Bertz CT molecular complexity index is 707. The Morgan fingerprint density at radius 2 is 1.00 bits per heavy atom. The van der Waals surface area contributed by atoms with Crippen LogP contribution < -0.4 is 0 Å². The molecule has 0 aromatic carbocycles. The van der Waals surface area contributed by atoms with Crippen LogP contribution in [-0.2, 0) is 19.2 Å². The minimum absolute atomic E-state index is 0.00185. The first-order valence-electron chi connectivity index (χ1n) is 9.13. The van der Waals surface area contributed by atoms with E-state index in [4.69, 9.17) is 10.2 Å². The second kappa shape index (κ2) is 5.23. The van der Waals surface area contributed by atoms with E-state index in [-0.39, 0.29) is 73.6 Å². The highest BCUT2D eigenvalue weighted by Gasteiger charge is 2.74. The summed E-state index contributed by atoms with van der Waals surface area (Å²) >= 11 is 0. The van der Waals surface area contributed by atoms with Crippen LogP contribution in [0.25, 0.3) is 0 Å². The molecule has 138 valence electrons. The molecule has 8 atom stereocenters. The van der Waals surface area contributed by atoms with Crippen molar-refractivity contribution in [3.8, 4) is 0 Å². The quantitative estimate of drug-likeness (QED) is 0.453. The fourth-order valence-corrected chi connectivity index (χ4v) is 6.37. The van der Waals surface area contributed by atoms with E-state index in [1.165, 1.54) is 0 Å². The van der Waals surface area contributed by atoms with Crippen LogP contribution >= 0.6 is 0 Å². The van der Waals surface area contributed by atoms with E-state index < -0.39 is 23.7 Å². The SMILES string of the molecule is O=C1[C@@H]2[C@H]3C=C[C@H]([C@@H]2C(=O)N1CCO)[C@@H]1[C@H]2C(=O)N(CCO)C(=O)[C@@H]2[C@@H]31. The minimum Gasteiger partial charge on any atom is -0.395 e. The molecule has 6 rings (SSSR count). The third-order valence-electron chi connectivity index (χ3n) is 7.17. The van der Waals surface area contributed by atoms with Gasteiger partial charge in [0.1, 0.15) is 0 Å². The van der Waals surface area contributed by atoms with Crippen LogP contribution in [0.5, 0.6) is 0 Å². The predicted molar refractivity (Wildman–Crippen MR) is 84.7 cm³/mol. The molecule has 8 nitrogen and oxygen atoms in total. The van der Waals surface area contributed by atoms with Crippen LogP contribution in [0.2, 0.25) is 0 Å². The highest BCUT2D eigenvalue weighted by atomic mass is 16.3. The average Bonchev–Trinajstić information content (AvgIpc) is 2.97. The molecule has 26 heavy (non-hydrogen) atoms. The van der Waals surface area contributed by atoms with Gasteiger partial charge in [0, 0.05) is 0 Å². The number of carbonyl (C=O) groups is 4. The molecule has 0 radical (unpaired) electrons. The number of carbonyl (C=O) groups excluding carboxylic acids is 4. The molecule has 2 saturated carbocycles. The van der Waals surface area contributed by atoms with Crippen molar-refractivity contribution in [3.63, 3.8) is 0 Å². The van der Waals surface area contributed by atoms with E-state index in [1.807, 2.05) is 12.2 Å². The van der Waals surface area contributed by atoms with Gasteiger partial charge in [-0.2, -0.15) is 0 Å². The molecule has 6 aliphatic rings. The molecule has 8 heteroatoms. The second-order valence-corrected chi connectivity index (χ2v) is 7.90. The van der Waals surface area contributed by atoms with Crippen LogP contribution in [0.4, 0.5) is 0 Å². The zero-order valence-corrected chi connectivity index (χ0v) is 14.0. The number of aliphatic hydroxyl groups excluding tert-OH is 2. The number of aliphatic hydroxyl groups is 2. The summed E-state index contributed by atoms with van der Waals surface area (Å²) in [6, 6.07) is 0. The van der Waals surface area contributed by atoms with E-state index in [2.05, 4.69) is 0 Å². The fraction of sp³-hybridized carbons (Fsp3) is 0.667. The molecule has 0 spiro atoms. The topological polar surface area (TPSA) is 115 Å². The summed E-state index contributed by atoms with van der Waals surface area (Å²) in [4.78, 5) is 53.2. The third-order valence-corrected chi connectivity index (χ3v) is 7.17. The number of imide groups is 2. The number of rotatable bonds is 4. The maximum atomic E-state index is 12.8. The van der Waals surface area contributed by atoms with Crippen molar-refractivity contribution >= 4 is 23.6 Å². The van der Waals surface area contributed by atoms with Crippen molar-refractivity contribution in [2.45, 2.75) is 0 Å². The molecule has 2 saturated heterocycles. The molecule has 2 aliphatic heterocycles. The highest BCUT2D eigenvalue weighted by molar-refractivity contribution is 6.09. The molecule has 2 N–H and O–H groups in total. The summed E-state index contributed by atoms with van der Waals surface area (Å²) in [5.41, 5.74) is 0. The number of likely N-dealkylation sites (tertiary alicyclic amines) is 2. The van der Waals surface area contributed by atoms with Gasteiger partial charge in [0.05, 0.1) is 50.0 Å². The van der Waals surface area contributed by atoms with Gasteiger partial charge in [-0.1, -0.05) is 12.2 Å². The smallest absolute Gasteiger partial charge is 0.233 e. The van der Waals surface area contributed by atoms with Crippen LogP contribution in [-0.4, -0.2) is 69.9 Å². The molecule has 0 aromatic heterocycles. The van der Waals surface area contributed by atoms with Crippen LogP contribution in [0.1, 0.15) is 0 Å². The molecule has 0 unspecified atom stereocenters. The number of allylic oxidation sites excluding steroid dienone is 2. The Hall–Kier alpha value is -2.06. The first-order chi connectivity index (χ1) is 12.5. The summed E-state index contributed by atoms with van der Waals surface area (Å²) in [5, 5.41) is 18.3. The van der Waals surface area contributed by atoms with E-state index in [0.29, 0.717) is 0 Å². The molecule has 4 fully saturated rings. The zero-order valence-electron chi connectivity index (χ0n) is 14.0. The van der Waals surface area contributed by atoms with E-state index in [9.17, 15) is 19.2 Å². The molecule has 2 bridgehead atoms. The monoisotopic (exact) mass is 360 g/mol. The Labute approximate surface area is 149 Å². The average molecular weight is 360 g/mol. The zero-order chi connectivity index (χ0) is 18.3. The van der Waals surface area contributed by atoms with Crippen molar-refractivity contribution in [1.29, 1.82) is 0 Å². The first kappa shape index (κ1) is 16.1. The fourth-order valence-electron chi connectivity index (χ4n) is 6.37. The Kier molecular flexibility index (Phi) is 3.25. The van der Waals surface area contributed by atoms with E-state index in [1.54, 1.807) is 0 Å².